The summed E-state index contributed by atoms with van der Waals surface area (Å²) in [6.45, 7) is 4.40. The number of nitrogens with one attached hydrogen (secondary N) is 1. The highest BCUT2D eigenvalue weighted by molar-refractivity contribution is 6.30. The van der Waals surface area contributed by atoms with Crippen molar-refractivity contribution >= 4 is 41.0 Å². The molecule has 0 saturated carbocycles. The molecule has 1 fully saturated rings. The normalized spacial score (nSPS) is 18.4. The van der Waals surface area contributed by atoms with Crippen molar-refractivity contribution in [1.82, 2.24) is 15.1 Å². The molecule has 0 unspecified atom stereocenters. The minimum Gasteiger partial charge on any atom is -0.497 e. The molecular formula is C32H30Cl2N4O4. The Balaban J connectivity index is 1.77. The minimum atomic E-state index is -0.601. The van der Waals surface area contributed by atoms with Gasteiger partial charge in [0, 0.05) is 34.8 Å². The van der Waals surface area contributed by atoms with Crippen molar-refractivity contribution in [1.29, 1.82) is 0 Å². The maximum atomic E-state index is 14.5. The van der Waals surface area contributed by atoms with Crippen LogP contribution in [0.4, 0.5) is 4.79 Å². The average Bonchev–Trinajstić information content (AvgIpc) is 3.36. The van der Waals surface area contributed by atoms with Crippen LogP contribution < -0.4 is 14.8 Å². The number of rotatable bonds is 6. The van der Waals surface area contributed by atoms with Crippen molar-refractivity contribution in [2.45, 2.75) is 32.0 Å². The van der Waals surface area contributed by atoms with Crippen LogP contribution in [0.3, 0.4) is 0 Å². The van der Waals surface area contributed by atoms with Gasteiger partial charge in [-0.2, -0.15) is 0 Å². The largest absolute Gasteiger partial charge is 0.497 e. The molecule has 5 rings (SSSR count). The molecule has 1 saturated heterocycles. The summed E-state index contributed by atoms with van der Waals surface area (Å²) < 4.78 is 11.7. The lowest BCUT2D eigenvalue weighted by atomic mass is 9.93. The Morgan fingerprint density at radius 1 is 1.07 bits per heavy atom. The third-order valence-corrected chi connectivity index (χ3v) is 7.56. The van der Waals surface area contributed by atoms with E-state index in [0.29, 0.717) is 51.6 Å². The van der Waals surface area contributed by atoms with Gasteiger partial charge in [-0.3, -0.25) is 14.7 Å². The van der Waals surface area contributed by atoms with Gasteiger partial charge in [0.15, 0.2) is 0 Å². The van der Waals surface area contributed by atoms with Crippen LogP contribution in [-0.4, -0.2) is 60.4 Å². The number of hydrogen-bond acceptors (Lipinski definition) is 5. The van der Waals surface area contributed by atoms with Gasteiger partial charge in [-0.05, 0) is 55.3 Å². The van der Waals surface area contributed by atoms with E-state index in [1.54, 1.807) is 48.4 Å². The first-order chi connectivity index (χ1) is 20.2. The predicted molar refractivity (Wildman–Crippen MR) is 163 cm³/mol. The van der Waals surface area contributed by atoms with Gasteiger partial charge in [0.1, 0.15) is 29.9 Å². The second kappa shape index (κ2) is 12.4. The Morgan fingerprint density at radius 3 is 2.29 bits per heavy atom. The predicted octanol–water partition coefficient (Wildman–Crippen LogP) is 5.87. The van der Waals surface area contributed by atoms with Gasteiger partial charge >= 0.3 is 6.03 Å². The molecule has 3 amide bonds. The van der Waals surface area contributed by atoms with E-state index in [-0.39, 0.29) is 24.6 Å². The SMILES string of the molecule is C#Cc1cc(OC)cc(OC(C)C)c1C1=N[C@H](c2ccc(Cl)cc2)[C@H](c2ccc(Cl)cc2)N1C(=O)N1CCNC(=O)C1. The number of halogens is 2. The molecule has 0 aliphatic carbocycles. The van der Waals surface area contributed by atoms with Crippen molar-refractivity contribution in [3.63, 3.8) is 0 Å². The summed E-state index contributed by atoms with van der Waals surface area (Å²) in [7, 11) is 1.55. The van der Waals surface area contributed by atoms with E-state index in [1.165, 1.54) is 4.90 Å². The van der Waals surface area contributed by atoms with Crippen molar-refractivity contribution in [2.75, 3.05) is 26.7 Å². The fourth-order valence-corrected chi connectivity index (χ4v) is 5.45. The van der Waals surface area contributed by atoms with Crippen molar-refractivity contribution in [3.05, 3.63) is 93.0 Å². The maximum Gasteiger partial charge on any atom is 0.326 e. The van der Waals surface area contributed by atoms with E-state index in [1.807, 2.05) is 38.1 Å². The van der Waals surface area contributed by atoms with Crippen LogP contribution in [-0.2, 0) is 4.79 Å². The van der Waals surface area contributed by atoms with Crippen LogP contribution in [0, 0.1) is 12.3 Å². The number of amidine groups is 1. The Bertz CT molecular complexity index is 1570. The summed E-state index contributed by atoms with van der Waals surface area (Å²) in [5.41, 5.74) is 2.57. The van der Waals surface area contributed by atoms with E-state index < -0.39 is 12.1 Å². The van der Waals surface area contributed by atoms with Crippen molar-refractivity contribution in [2.24, 2.45) is 4.99 Å². The van der Waals surface area contributed by atoms with Gasteiger partial charge in [0.05, 0.1) is 24.8 Å². The van der Waals surface area contributed by atoms with Crippen LogP contribution in [0.1, 0.15) is 48.2 Å². The number of terminal acetylenes is 1. The Labute approximate surface area is 255 Å². The highest BCUT2D eigenvalue weighted by Gasteiger charge is 2.45. The number of urea groups is 1. The molecule has 3 aromatic rings. The molecule has 0 aromatic heterocycles. The third kappa shape index (κ3) is 5.89. The highest BCUT2D eigenvalue weighted by Crippen LogP contribution is 2.46. The zero-order chi connectivity index (χ0) is 30.0. The highest BCUT2D eigenvalue weighted by atomic mass is 35.5. The molecule has 42 heavy (non-hydrogen) atoms. The second-order valence-corrected chi connectivity index (χ2v) is 11.1. The molecule has 1 N–H and O–H groups in total. The summed E-state index contributed by atoms with van der Waals surface area (Å²) >= 11 is 12.5. The van der Waals surface area contributed by atoms with Gasteiger partial charge in [-0.1, -0.05) is 53.4 Å². The molecule has 3 aromatic carbocycles. The van der Waals surface area contributed by atoms with E-state index in [2.05, 4.69) is 11.2 Å². The lowest BCUT2D eigenvalue weighted by Crippen LogP contribution is -2.55. The number of carbonyl (C=O) groups excluding carboxylic acids is 2. The smallest absolute Gasteiger partial charge is 0.326 e. The van der Waals surface area contributed by atoms with Gasteiger partial charge in [-0.25, -0.2) is 4.79 Å². The molecule has 0 bridgehead atoms. The number of methoxy groups -OCH3 is 1. The first kappa shape index (κ1) is 29.3. The summed E-state index contributed by atoms with van der Waals surface area (Å²) in [6.07, 6.45) is 5.83. The first-order valence-corrected chi connectivity index (χ1v) is 14.2. The number of aliphatic imine (C=N–C) groups is 1. The molecular weight excluding hydrogens is 575 g/mol. The van der Waals surface area contributed by atoms with Crippen LogP contribution >= 0.6 is 23.2 Å². The maximum absolute atomic E-state index is 14.5. The molecule has 0 spiro atoms. The Morgan fingerprint density at radius 2 is 1.71 bits per heavy atom. The number of benzene rings is 3. The molecule has 10 heteroatoms. The molecule has 2 aliphatic rings. The van der Waals surface area contributed by atoms with Crippen molar-refractivity contribution < 1.29 is 19.1 Å². The number of piperazine rings is 1. The lowest BCUT2D eigenvalue weighted by Gasteiger charge is -2.36. The monoisotopic (exact) mass is 604 g/mol. The molecule has 8 nitrogen and oxygen atoms in total. The van der Waals surface area contributed by atoms with Crippen LogP contribution in [0.15, 0.2) is 65.7 Å². The quantitative estimate of drug-likeness (QED) is 0.357. The van der Waals surface area contributed by atoms with Crippen LogP contribution in [0.5, 0.6) is 11.5 Å². The second-order valence-electron chi connectivity index (χ2n) is 10.2. The topological polar surface area (TPSA) is 83.5 Å². The van der Waals surface area contributed by atoms with Crippen LogP contribution in [0.25, 0.3) is 0 Å². The van der Waals surface area contributed by atoms with Gasteiger partial charge < -0.3 is 19.7 Å². The Hall–Kier alpha value is -4.19. The fourth-order valence-electron chi connectivity index (χ4n) is 5.19. The molecule has 2 atom stereocenters. The summed E-state index contributed by atoms with van der Waals surface area (Å²) in [6, 6.07) is 16.6. The average molecular weight is 606 g/mol. The first-order valence-electron chi connectivity index (χ1n) is 13.5. The summed E-state index contributed by atoms with van der Waals surface area (Å²) in [5, 5.41) is 3.92. The van der Waals surface area contributed by atoms with Crippen molar-refractivity contribution in [3.8, 4) is 23.8 Å². The standard InChI is InChI=1S/C32H30Cl2N4O4/c1-5-20-16-25(41-4)17-26(42-19(2)3)28(20)31-36-29(21-6-10-23(33)11-7-21)30(22-8-12-24(34)13-9-22)38(31)32(40)37-15-14-35-27(39)18-37/h1,6-13,16-17,19,29-30H,14-15,18H2,2-4H3,(H,35,39)/t29-,30+/m1/s1. The molecule has 2 heterocycles. The number of carbonyl (C=O) groups is 2. The minimum absolute atomic E-state index is 0.0818. The zero-order valence-corrected chi connectivity index (χ0v) is 24.9. The van der Waals surface area contributed by atoms with Gasteiger partial charge in [0.2, 0.25) is 5.91 Å². The third-order valence-electron chi connectivity index (χ3n) is 7.06. The zero-order valence-electron chi connectivity index (χ0n) is 23.4. The van der Waals surface area contributed by atoms with E-state index in [9.17, 15) is 9.59 Å². The number of nitrogens with zero attached hydrogens (tertiary/aromatic N) is 3. The summed E-state index contributed by atoms with van der Waals surface area (Å²) in [5.74, 6) is 3.77. The summed E-state index contributed by atoms with van der Waals surface area (Å²) in [4.78, 5) is 35.2. The lowest BCUT2D eigenvalue weighted by molar-refractivity contribution is -0.123. The van der Waals surface area contributed by atoms with E-state index in [0.717, 1.165) is 11.1 Å². The number of ether oxygens (including phenoxy) is 2. The molecule has 2 aliphatic heterocycles. The fraction of sp³-hybridized carbons (Fsp3) is 0.281. The van der Waals surface area contributed by atoms with E-state index >= 15 is 0 Å². The molecule has 0 radical (unpaired) electrons. The van der Waals surface area contributed by atoms with E-state index in [4.69, 9.17) is 44.1 Å². The molecule has 216 valence electrons. The Kier molecular flexibility index (Phi) is 8.62. The van der Waals surface area contributed by atoms with Crippen LogP contribution in [0.2, 0.25) is 10.0 Å². The number of amides is 3. The number of hydrogen-bond donors (Lipinski definition) is 1. The van der Waals surface area contributed by atoms with Gasteiger partial charge in [0.25, 0.3) is 0 Å². The van der Waals surface area contributed by atoms with Gasteiger partial charge in [-0.15, -0.1) is 6.42 Å².